The van der Waals surface area contributed by atoms with E-state index < -0.39 is 45.6 Å². The number of hydrogen-bond donors (Lipinski definition) is 3. The zero-order valence-electron chi connectivity index (χ0n) is 13.9. The van der Waals surface area contributed by atoms with Crippen molar-refractivity contribution in [2.75, 3.05) is 11.5 Å². The fourth-order valence-corrected chi connectivity index (χ4v) is 5.04. The first-order valence-electron chi connectivity index (χ1n) is 7.68. The van der Waals surface area contributed by atoms with Crippen LogP contribution in [0.4, 0.5) is 10.5 Å². The van der Waals surface area contributed by atoms with Gasteiger partial charge >= 0.3 is 12.1 Å². The van der Waals surface area contributed by atoms with Crippen molar-refractivity contribution in [1.29, 1.82) is 0 Å². The largest absolute Gasteiger partial charge is 0.512 e. The SMILES string of the molecule is N[C@@H]1C(=O)N2C(OC(=O)O)=C(CSc3ccc([N+](=O)[O-])c(C(=O)O)c3)CS[C@@H]12. The number of benzene rings is 1. The van der Waals surface area contributed by atoms with Crippen LogP contribution >= 0.6 is 23.5 Å². The Balaban J connectivity index is 1.84. The minimum absolute atomic E-state index is 0.0872. The number of carboxylic acid groups (broad SMARTS) is 2. The number of fused-ring (bicyclic) bond motifs is 1. The van der Waals surface area contributed by atoms with Gasteiger partial charge in [-0.1, -0.05) is 0 Å². The van der Waals surface area contributed by atoms with Gasteiger partial charge in [0.15, 0.2) is 0 Å². The van der Waals surface area contributed by atoms with Gasteiger partial charge in [0.2, 0.25) is 11.8 Å². The lowest BCUT2D eigenvalue weighted by atomic mass is 10.1. The number of hydrogen-bond acceptors (Lipinski definition) is 9. The van der Waals surface area contributed by atoms with Crippen molar-refractivity contribution in [1.82, 2.24) is 4.90 Å². The number of nitrogens with two attached hydrogens (primary N) is 1. The number of nitro groups is 1. The quantitative estimate of drug-likeness (QED) is 0.197. The molecule has 1 amide bonds. The maximum Gasteiger partial charge on any atom is 0.512 e. The van der Waals surface area contributed by atoms with Crippen molar-refractivity contribution >= 4 is 47.2 Å². The lowest BCUT2D eigenvalue weighted by Gasteiger charge is -2.47. The van der Waals surface area contributed by atoms with Crippen molar-refractivity contribution in [2.24, 2.45) is 5.73 Å². The van der Waals surface area contributed by atoms with Crippen LogP contribution in [0.3, 0.4) is 0 Å². The van der Waals surface area contributed by atoms with Gasteiger partial charge in [-0.2, -0.15) is 0 Å². The lowest BCUT2D eigenvalue weighted by molar-refractivity contribution is -0.385. The highest BCUT2D eigenvalue weighted by Gasteiger charge is 2.51. The van der Waals surface area contributed by atoms with E-state index >= 15 is 0 Å². The normalized spacial score (nSPS) is 21.0. The first-order chi connectivity index (χ1) is 13.2. The third-order valence-corrected chi connectivity index (χ3v) is 6.47. The summed E-state index contributed by atoms with van der Waals surface area (Å²) in [5, 5.41) is 28.6. The molecule has 1 fully saturated rings. The van der Waals surface area contributed by atoms with Gasteiger partial charge < -0.3 is 20.7 Å². The molecule has 0 radical (unpaired) electrons. The molecule has 2 aliphatic rings. The summed E-state index contributed by atoms with van der Waals surface area (Å²) in [6.45, 7) is 0. The molecule has 1 saturated heterocycles. The molecule has 1 aromatic rings. The van der Waals surface area contributed by atoms with E-state index in [2.05, 4.69) is 0 Å². The molecule has 0 bridgehead atoms. The summed E-state index contributed by atoms with van der Waals surface area (Å²) in [5.41, 5.74) is 5.25. The number of β-lactam (4-membered cyclic amide) rings is 1. The van der Waals surface area contributed by atoms with E-state index in [0.717, 1.165) is 17.8 Å². The van der Waals surface area contributed by atoms with Gasteiger partial charge in [-0.15, -0.1) is 23.5 Å². The Kier molecular flexibility index (Phi) is 5.49. The molecule has 2 aliphatic heterocycles. The number of ether oxygens (including phenoxy) is 1. The van der Waals surface area contributed by atoms with Crippen LogP contribution in [-0.2, 0) is 9.53 Å². The highest BCUT2D eigenvalue weighted by Crippen LogP contribution is 2.41. The molecule has 4 N–H and O–H groups in total. The second kappa shape index (κ2) is 7.69. The van der Waals surface area contributed by atoms with Crippen LogP contribution in [0.5, 0.6) is 0 Å². The molecule has 0 aromatic heterocycles. The number of carbonyl (C=O) groups is 3. The molecule has 0 aliphatic carbocycles. The fraction of sp³-hybridized carbons (Fsp3) is 0.267. The molecule has 1 aromatic carbocycles. The summed E-state index contributed by atoms with van der Waals surface area (Å²) in [5.74, 6) is -1.40. The van der Waals surface area contributed by atoms with Crippen LogP contribution in [0.1, 0.15) is 10.4 Å². The van der Waals surface area contributed by atoms with E-state index in [1.165, 1.54) is 28.8 Å². The van der Waals surface area contributed by atoms with Gasteiger partial charge in [0.1, 0.15) is 17.0 Å². The summed E-state index contributed by atoms with van der Waals surface area (Å²) in [6.07, 6.45) is -1.57. The van der Waals surface area contributed by atoms with Crippen LogP contribution in [0.2, 0.25) is 0 Å². The minimum atomic E-state index is -1.57. The van der Waals surface area contributed by atoms with Gasteiger partial charge in [-0.25, -0.2) is 9.59 Å². The highest BCUT2D eigenvalue weighted by molar-refractivity contribution is 8.01. The zero-order chi connectivity index (χ0) is 20.6. The van der Waals surface area contributed by atoms with Gasteiger partial charge in [-0.05, 0) is 12.1 Å². The van der Waals surface area contributed by atoms with Crippen molar-refractivity contribution < 1.29 is 34.3 Å². The van der Waals surface area contributed by atoms with Gasteiger partial charge in [0.25, 0.3) is 5.69 Å². The van der Waals surface area contributed by atoms with Crippen molar-refractivity contribution in [3.05, 3.63) is 45.3 Å². The van der Waals surface area contributed by atoms with Crippen LogP contribution in [0.25, 0.3) is 0 Å². The molecule has 13 heteroatoms. The van der Waals surface area contributed by atoms with Crippen molar-refractivity contribution in [3.63, 3.8) is 0 Å². The van der Waals surface area contributed by atoms with E-state index in [9.17, 15) is 24.5 Å². The maximum absolute atomic E-state index is 12.0. The lowest BCUT2D eigenvalue weighted by Crippen LogP contribution is -2.68. The van der Waals surface area contributed by atoms with E-state index in [-0.39, 0.29) is 11.6 Å². The number of aromatic carboxylic acids is 1. The third-order valence-electron chi connectivity index (χ3n) is 4.03. The number of nitro benzene ring substituents is 1. The molecule has 0 unspecified atom stereocenters. The van der Waals surface area contributed by atoms with Gasteiger partial charge in [0.05, 0.1) is 4.92 Å². The Morgan fingerprint density at radius 2 is 2.14 bits per heavy atom. The average Bonchev–Trinajstić information content (AvgIpc) is 2.65. The molecule has 3 rings (SSSR count). The standard InChI is InChI=1S/C15H13N3O8S2/c16-10-11(19)17-12(26-15(22)23)6(5-28-13(10)17)4-27-7-1-2-9(18(24)25)8(3-7)14(20)21/h1-3,10,13H,4-5,16H2,(H,20,21)(H,22,23)/t10-,13+/m1/s1. The molecule has 0 saturated carbocycles. The third kappa shape index (κ3) is 3.63. The molecular formula is C15H13N3O8S2. The number of carboxylic acids is 1. The van der Waals surface area contributed by atoms with Gasteiger partial charge in [0, 0.05) is 28.0 Å². The Bertz CT molecular complexity index is 919. The molecule has 2 heterocycles. The summed E-state index contributed by atoms with van der Waals surface area (Å²) in [6, 6.07) is 2.95. The second-order valence-corrected chi connectivity index (χ2v) is 7.90. The van der Waals surface area contributed by atoms with Crippen molar-refractivity contribution in [2.45, 2.75) is 16.3 Å². The molecule has 28 heavy (non-hydrogen) atoms. The average molecular weight is 427 g/mol. The Hall–Kier alpha value is -2.77. The zero-order valence-corrected chi connectivity index (χ0v) is 15.6. The molecule has 148 valence electrons. The van der Waals surface area contributed by atoms with E-state index in [1.54, 1.807) is 0 Å². The summed E-state index contributed by atoms with van der Waals surface area (Å²) in [4.78, 5) is 46.0. The topological polar surface area (TPSA) is 173 Å². The Morgan fingerprint density at radius 3 is 2.75 bits per heavy atom. The van der Waals surface area contributed by atoms with Crippen LogP contribution in [0, 0.1) is 10.1 Å². The fourth-order valence-electron chi connectivity index (χ4n) is 2.71. The van der Waals surface area contributed by atoms with Crippen LogP contribution in [0.15, 0.2) is 34.6 Å². The number of thioether (sulfide) groups is 2. The van der Waals surface area contributed by atoms with E-state index in [4.69, 9.17) is 20.7 Å². The summed E-state index contributed by atoms with van der Waals surface area (Å²) >= 11 is 2.51. The number of carbonyl (C=O) groups excluding carboxylic acids is 1. The first-order valence-corrected chi connectivity index (χ1v) is 9.71. The maximum atomic E-state index is 12.0. The Labute approximate surface area is 165 Å². The van der Waals surface area contributed by atoms with Crippen LogP contribution in [-0.4, -0.2) is 61.0 Å². The van der Waals surface area contributed by atoms with Crippen molar-refractivity contribution in [3.8, 4) is 0 Å². The Morgan fingerprint density at radius 1 is 1.43 bits per heavy atom. The molecule has 11 nitrogen and oxygen atoms in total. The van der Waals surface area contributed by atoms with E-state index in [0.29, 0.717) is 16.2 Å². The monoisotopic (exact) mass is 427 g/mol. The molecule has 0 spiro atoms. The minimum Gasteiger partial charge on any atom is -0.477 e. The van der Waals surface area contributed by atoms with E-state index in [1.807, 2.05) is 0 Å². The molecular weight excluding hydrogens is 414 g/mol. The summed E-state index contributed by atoms with van der Waals surface area (Å²) in [7, 11) is 0. The number of nitrogens with zero attached hydrogens (tertiary/aromatic N) is 2. The number of rotatable bonds is 6. The second-order valence-electron chi connectivity index (χ2n) is 5.74. The highest BCUT2D eigenvalue weighted by atomic mass is 32.2. The van der Waals surface area contributed by atoms with Crippen LogP contribution < -0.4 is 5.73 Å². The smallest absolute Gasteiger partial charge is 0.477 e. The number of amides is 1. The first kappa shape index (κ1) is 20.0. The predicted molar refractivity (Wildman–Crippen MR) is 98.0 cm³/mol. The summed E-state index contributed by atoms with van der Waals surface area (Å²) < 4.78 is 4.79. The predicted octanol–water partition coefficient (Wildman–Crippen LogP) is 1.53. The van der Waals surface area contributed by atoms with Gasteiger partial charge in [-0.3, -0.25) is 19.8 Å². The molecule has 2 atom stereocenters.